The molecule has 5 heteroatoms. The van der Waals surface area contributed by atoms with Gasteiger partial charge in [0.15, 0.2) is 0 Å². The first kappa shape index (κ1) is 18.2. The van der Waals surface area contributed by atoms with Gasteiger partial charge in [0.1, 0.15) is 5.00 Å². The van der Waals surface area contributed by atoms with Crippen LogP contribution in [0.1, 0.15) is 65.4 Å². The summed E-state index contributed by atoms with van der Waals surface area (Å²) >= 11 is 1.54. The Balaban J connectivity index is 1.69. The Labute approximate surface area is 164 Å². The Morgan fingerprint density at radius 1 is 1.19 bits per heavy atom. The number of hydrogen-bond donors (Lipinski definition) is 2. The zero-order chi connectivity index (χ0) is 19.0. The predicted molar refractivity (Wildman–Crippen MR) is 109 cm³/mol. The molecular formula is C22H26N2O2S. The number of thiophene rings is 1. The SMILES string of the molecule is C[C@H]1CCc2c(sc(NC(=O)C3(c4ccccc4)CCCC3)c2C(N)=O)C1. The molecule has 1 fully saturated rings. The smallest absolute Gasteiger partial charge is 0.251 e. The molecule has 3 N–H and O–H groups in total. The van der Waals surface area contributed by atoms with Crippen LogP contribution < -0.4 is 11.1 Å². The molecule has 0 spiro atoms. The molecule has 2 aliphatic rings. The first-order chi connectivity index (χ1) is 13.0. The molecule has 0 aliphatic heterocycles. The molecule has 0 unspecified atom stereocenters. The van der Waals surface area contributed by atoms with E-state index in [1.54, 1.807) is 11.3 Å². The van der Waals surface area contributed by atoms with E-state index in [1.165, 1.54) is 4.88 Å². The second-order valence-corrected chi connectivity index (χ2v) is 9.13. The van der Waals surface area contributed by atoms with Gasteiger partial charge in [-0.1, -0.05) is 50.1 Å². The number of hydrogen-bond acceptors (Lipinski definition) is 3. The van der Waals surface area contributed by atoms with Gasteiger partial charge in [-0.05, 0) is 49.1 Å². The molecule has 27 heavy (non-hydrogen) atoms. The number of anilines is 1. The predicted octanol–water partition coefficient (Wildman–Crippen LogP) is 4.42. The van der Waals surface area contributed by atoms with Crippen molar-refractivity contribution in [2.45, 2.75) is 57.3 Å². The van der Waals surface area contributed by atoms with Gasteiger partial charge in [-0.2, -0.15) is 0 Å². The van der Waals surface area contributed by atoms with Gasteiger partial charge < -0.3 is 11.1 Å². The monoisotopic (exact) mass is 382 g/mol. The summed E-state index contributed by atoms with van der Waals surface area (Å²) in [6.07, 6.45) is 6.66. The minimum Gasteiger partial charge on any atom is -0.365 e. The fourth-order valence-corrected chi connectivity index (χ4v) is 6.12. The first-order valence-corrected chi connectivity index (χ1v) is 10.6. The third-order valence-corrected chi connectivity index (χ3v) is 7.37. The van der Waals surface area contributed by atoms with Gasteiger partial charge in [-0.15, -0.1) is 11.3 Å². The van der Waals surface area contributed by atoms with Crippen LogP contribution >= 0.6 is 11.3 Å². The highest BCUT2D eigenvalue weighted by Crippen LogP contribution is 2.44. The van der Waals surface area contributed by atoms with Crippen LogP contribution in [0, 0.1) is 5.92 Å². The van der Waals surface area contributed by atoms with Crippen molar-refractivity contribution in [1.82, 2.24) is 0 Å². The minimum absolute atomic E-state index is 0.000320. The molecule has 1 heterocycles. The highest BCUT2D eigenvalue weighted by molar-refractivity contribution is 7.17. The average Bonchev–Trinajstić information content (AvgIpc) is 3.27. The summed E-state index contributed by atoms with van der Waals surface area (Å²) in [7, 11) is 0. The number of nitrogens with one attached hydrogen (secondary N) is 1. The maximum absolute atomic E-state index is 13.4. The molecule has 0 bridgehead atoms. The number of benzene rings is 1. The summed E-state index contributed by atoms with van der Waals surface area (Å²) in [5.41, 5.74) is 7.86. The van der Waals surface area contributed by atoms with Crippen molar-refractivity contribution < 1.29 is 9.59 Å². The van der Waals surface area contributed by atoms with Gasteiger partial charge in [0.2, 0.25) is 5.91 Å². The van der Waals surface area contributed by atoms with Crippen LogP contribution in [0.4, 0.5) is 5.00 Å². The average molecular weight is 383 g/mol. The summed E-state index contributed by atoms with van der Waals surface area (Å²) < 4.78 is 0. The lowest BCUT2D eigenvalue weighted by molar-refractivity contribution is -0.121. The van der Waals surface area contributed by atoms with Gasteiger partial charge in [-0.3, -0.25) is 9.59 Å². The van der Waals surface area contributed by atoms with Crippen molar-refractivity contribution >= 4 is 28.2 Å². The van der Waals surface area contributed by atoms with Crippen LogP contribution in [0.25, 0.3) is 0 Å². The number of fused-ring (bicyclic) bond motifs is 1. The standard InChI is InChI=1S/C22H26N2O2S/c1-14-9-10-16-17(13-14)27-20(18(16)19(23)25)24-21(26)22(11-5-6-12-22)15-7-3-2-4-8-15/h2-4,7-8,14H,5-6,9-13H2,1H3,(H2,23,25)(H,24,26)/t14-/m0/s1. The van der Waals surface area contributed by atoms with Crippen LogP contribution in [-0.2, 0) is 23.1 Å². The van der Waals surface area contributed by atoms with Crippen LogP contribution in [0.15, 0.2) is 30.3 Å². The van der Waals surface area contributed by atoms with Crippen LogP contribution in [0.5, 0.6) is 0 Å². The lowest BCUT2D eigenvalue weighted by Crippen LogP contribution is -2.38. The quantitative estimate of drug-likeness (QED) is 0.821. The van der Waals surface area contributed by atoms with Crippen molar-refractivity contribution in [1.29, 1.82) is 0 Å². The van der Waals surface area contributed by atoms with Gasteiger partial charge in [0.05, 0.1) is 11.0 Å². The number of rotatable bonds is 4. The number of primary amides is 1. The Bertz CT molecular complexity index is 866. The van der Waals surface area contributed by atoms with E-state index in [0.29, 0.717) is 16.5 Å². The van der Waals surface area contributed by atoms with Crippen LogP contribution in [0.3, 0.4) is 0 Å². The van der Waals surface area contributed by atoms with Crippen molar-refractivity contribution in [3.63, 3.8) is 0 Å². The molecule has 2 aliphatic carbocycles. The first-order valence-electron chi connectivity index (χ1n) is 9.82. The van der Waals surface area contributed by atoms with Crippen molar-refractivity contribution in [2.75, 3.05) is 5.32 Å². The molecule has 142 valence electrons. The van der Waals surface area contributed by atoms with Crippen molar-refractivity contribution in [2.24, 2.45) is 11.7 Å². The molecule has 1 atom stereocenters. The van der Waals surface area contributed by atoms with E-state index in [1.807, 2.05) is 30.3 Å². The van der Waals surface area contributed by atoms with Gasteiger partial charge in [-0.25, -0.2) is 0 Å². The van der Waals surface area contributed by atoms with E-state index in [0.717, 1.165) is 56.1 Å². The van der Waals surface area contributed by atoms with Crippen molar-refractivity contribution in [3.8, 4) is 0 Å². The van der Waals surface area contributed by atoms with E-state index in [9.17, 15) is 9.59 Å². The van der Waals surface area contributed by atoms with E-state index in [-0.39, 0.29) is 5.91 Å². The van der Waals surface area contributed by atoms with E-state index in [4.69, 9.17) is 5.73 Å². The van der Waals surface area contributed by atoms with Crippen molar-refractivity contribution in [3.05, 3.63) is 51.9 Å². The highest BCUT2D eigenvalue weighted by atomic mass is 32.1. The fraction of sp³-hybridized carbons (Fsp3) is 0.455. The largest absolute Gasteiger partial charge is 0.365 e. The summed E-state index contributed by atoms with van der Waals surface area (Å²) in [4.78, 5) is 26.8. The molecular weight excluding hydrogens is 356 g/mol. The maximum atomic E-state index is 13.4. The zero-order valence-electron chi connectivity index (χ0n) is 15.7. The Hall–Kier alpha value is -2.14. The summed E-state index contributed by atoms with van der Waals surface area (Å²) in [5, 5.41) is 3.77. The van der Waals surface area contributed by atoms with Gasteiger partial charge in [0, 0.05) is 4.88 Å². The van der Waals surface area contributed by atoms with E-state index >= 15 is 0 Å². The molecule has 1 saturated carbocycles. The third-order valence-electron chi connectivity index (χ3n) is 6.20. The molecule has 4 rings (SSSR count). The number of nitrogens with two attached hydrogens (primary N) is 1. The molecule has 1 aromatic heterocycles. The summed E-state index contributed by atoms with van der Waals surface area (Å²) in [5.74, 6) is 0.170. The molecule has 4 nitrogen and oxygen atoms in total. The van der Waals surface area contributed by atoms with Gasteiger partial charge in [0.25, 0.3) is 5.91 Å². The van der Waals surface area contributed by atoms with E-state index in [2.05, 4.69) is 12.2 Å². The Kier molecular flexibility index (Phi) is 4.81. The molecule has 0 radical (unpaired) electrons. The minimum atomic E-state index is -0.506. The molecule has 2 aromatic rings. The summed E-state index contributed by atoms with van der Waals surface area (Å²) in [6, 6.07) is 10.0. The van der Waals surface area contributed by atoms with Crippen LogP contribution in [0.2, 0.25) is 0 Å². The number of carbonyl (C=O) groups excluding carboxylic acids is 2. The Morgan fingerprint density at radius 3 is 2.56 bits per heavy atom. The topological polar surface area (TPSA) is 72.2 Å². The fourth-order valence-electron chi connectivity index (χ4n) is 4.70. The lowest BCUT2D eigenvalue weighted by atomic mass is 9.78. The lowest BCUT2D eigenvalue weighted by Gasteiger charge is -2.28. The second-order valence-electron chi connectivity index (χ2n) is 8.03. The third kappa shape index (κ3) is 3.18. The molecule has 2 amide bonds. The highest BCUT2D eigenvalue weighted by Gasteiger charge is 2.43. The zero-order valence-corrected chi connectivity index (χ0v) is 16.5. The molecule has 1 aromatic carbocycles. The number of amides is 2. The normalized spacial score (nSPS) is 20.9. The summed E-state index contributed by atoms with van der Waals surface area (Å²) in [6.45, 7) is 2.23. The number of carbonyl (C=O) groups is 2. The Morgan fingerprint density at radius 2 is 1.89 bits per heavy atom. The van der Waals surface area contributed by atoms with Crippen LogP contribution in [-0.4, -0.2) is 11.8 Å². The molecule has 0 saturated heterocycles. The maximum Gasteiger partial charge on any atom is 0.251 e. The second kappa shape index (κ2) is 7.12. The van der Waals surface area contributed by atoms with E-state index < -0.39 is 11.3 Å². The van der Waals surface area contributed by atoms with Gasteiger partial charge >= 0.3 is 0 Å².